The molecule has 0 unspecified atom stereocenters. The third-order valence-electron chi connectivity index (χ3n) is 6.06. The van der Waals surface area contributed by atoms with Crippen LogP contribution in [0.3, 0.4) is 0 Å². The summed E-state index contributed by atoms with van der Waals surface area (Å²) in [4.78, 5) is 5.32. The van der Waals surface area contributed by atoms with Gasteiger partial charge < -0.3 is 4.74 Å². The van der Waals surface area contributed by atoms with Crippen molar-refractivity contribution in [2.24, 2.45) is 5.92 Å². The van der Waals surface area contributed by atoms with Crippen LogP contribution in [0, 0.1) is 5.92 Å². The van der Waals surface area contributed by atoms with Crippen molar-refractivity contribution in [3.8, 4) is 0 Å². The minimum absolute atomic E-state index is 0.549. The molecule has 0 spiro atoms. The second-order valence-corrected chi connectivity index (χ2v) is 7.82. The molecule has 1 aliphatic heterocycles. The Labute approximate surface area is 138 Å². The van der Waals surface area contributed by atoms with E-state index in [2.05, 4.69) is 30.6 Å². The smallest absolute Gasteiger partial charge is 0.0571 e. The molecular weight excluding hydrogens is 272 g/mol. The number of nitrogens with zero attached hydrogens (tertiary/aromatic N) is 2. The van der Waals surface area contributed by atoms with Crippen LogP contribution in [0.25, 0.3) is 0 Å². The summed E-state index contributed by atoms with van der Waals surface area (Å²) in [6, 6.07) is 1.48. The lowest BCUT2D eigenvalue weighted by Crippen LogP contribution is -2.51. The van der Waals surface area contributed by atoms with Gasteiger partial charge in [-0.15, -0.1) is 0 Å². The van der Waals surface area contributed by atoms with Crippen molar-refractivity contribution < 1.29 is 4.74 Å². The molecule has 0 aromatic rings. The summed E-state index contributed by atoms with van der Waals surface area (Å²) in [5, 5.41) is 0. The second kappa shape index (κ2) is 9.24. The van der Waals surface area contributed by atoms with Gasteiger partial charge >= 0.3 is 0 Å². The molecular formula is C19H38N2O. The SMILES string of the molecule is COC1CCC(CCC[C@@H](C)N2CCN(C(C)C)CC2)CC1. The van der Waals surface area contributed by atoms with E-state index in [0.29, 0.717) is 12.1 Å². The zero-order chi connectivity index (χ0) is 15.9. The summed E-state index contributed by atoms with van der Waals surface area (Å²) in [5.74, 6) is 0.969. The Bertz CT molecular complexity index is 292. The highest BCUT2D eigenvalue weighted by Gasteiger charge is 2.23. The first-order chi connectivity index (χ1) is 10.6. The first-order valence-electron chi connectivity index (χ1n) is 9.61. The maximum Gasteiger partial charge on any atom is 0.0571 e. The van der Waals surface area contributed by atoms with Crippen LogP contribution in [-0.2, 0) is 4.74 Å². The quantitative estimate of drug-likeness (QED) is 0.712. The molecule has 0 N–H and O–H groups in total. The largest absolute Gasteiger partial charge is 0.381 e. The molecule has 1 atom stereocenters. The van der Waals surface area contributed by atoms with E-state index in [1.807, 2.05) is 7.11 Å². The number of piperazine rings is 1. The monoisotopic (exact) mass is 310 g/mol. The second-order valence-electron chi connectivity index (χ2n) is 7.82. The lowest BCUT2D eigenvalue weighted by molar-refractivity contribution is 0.0538. The van der Waals surface area contributed by atoms with Crippen LogP contribution >= 0.6 is 0 Å². The summed E-state index contributed by atoms with van der Waals surface area (Å²) in [6.45, 7) is 12.1. The highest BCUT2D eigenvalue weighted by molar-refractivity contribution is 4.79. The van der Waals surface area contributed by atoms with Crippen molar-refractivity contribution in [1.29, 1.82) is 0 Å². The fourth-order valence-electron chi connectivity index (χ4n) is 4.24. The van der Waals surface area contributed by atoms with Crippen LogP contribution in [0.15, 0.2) is 0 Å². The van der Waals surface area contributed by atoms with Gasteiger partial charge in [-0.2, -0.15) is 0 Å². The normalized spacial score (nSPS) is 29.9. The summed E-state index contributed by atoms with van der Waals surface area (Å²) < 4.78 is 5.48. The van der Waals surface area contributed by atoms with E-state index in [0.717, 1.165) is 12.0 Å². The molecule has 2 rings (SSSR count). The maximum atomic E-state index is 5.48. The van der Waals surface area contributed by atoms with Crippen LogP contribution < -0.4 is 0 Å². The van der Waals surface area contributed by atoms with Crippen LogP contribution in [0.2, 0.25) is 0 Å². The minimum Gasteiger partial charge on any atom is -0.381 e. The Hall–Kier alpha value is -0.120. The van der Waals surface area contributed by atoms with Gasteiger partial charge in [-0.1, -0.05) is 12.8 Å². The average Bonchev–Trinajstić information content (AvgIpc) is 2.55. The predicted molar refractivity (Wildman–Crippen MR) is 94.4 cm³/mol. The highest BCUT2D eigenvalue weighted by Crippen LogP contribution is 2.29. The van der Waals surface area contributed by atoms with E-state index in [9.17, 15) is 0 Å². The van der Waals surface area contributed by atoms with Crippen molar-refractivity contribution in [3.05, 3.63) is 0 Å². The third kappa shape index (κ3) is 5.50. The van der Waals surface area contributed by atoms with E-state index in [-0.39, 0.29) is 0 Å². The summed E-state index contributed by atoms with van der Waals surface area (Å²) in [6.07, 6.45) is 10.1. The standard InChI is InChI=1S/C19H38N2O/c1-16(2)20-12-14-21(15-13-20)17(3)6-5-7-18-8-10-19(22-4)11-9-18/h16-19H,5-15H2,1-4H3/t17-,18?,19?/m1/s1. The molecule has 0 aromatic carbocycles. The Balaban J connectivity index is 1.57. The highest BCUT2D eigenvalue weighted by atomic mass is 16.5. The van der Waals surface area contributed by atoms with Crippen molar-refractivity contribution in [3.63, 3.8) is 0 Å². The summed E-state index contributed by atoms with van der Waals surface area (Å²) >= 11 is 0. The van der Waals surface area contributed by atoms with Gasteiger partial charge in [-0.25, -0.2) is 0 Å². The van der Waals surface area contributed by atoms with Crippen LogP contribution in [0.1, 0.15) is 65.7 Å². The first-order valence-corrected chi connectivity index (χ1v) is 9.61. The van der Waals surface area contributed by atoms with Gasteiger partial charge in [0.15, 0.2) is 0 Å². The molecule has 0 radical (unpaired) electrons. The number of hydrogen-bond acceptors (Lipinski definition) is 3. The van der Waals surface area contributed by atoms with Gasteiger partial charge in [0.05, 0.1) is 6.10 Å². The molecule has 1 aliphatic carbocycles. The Kier molecular flexibility index (Phi) is 7.66. The Morgan fingerprint density at radius 2 is 1.50 bits per heavy atom. The van der Waals surface area contributed by atoms with Crippen LogP contribution in [0.5, 0.6) is 0 Å². The summed E-state index contributed by atoms with van der Waals surface area (Å²) in [7, 11) is 1.87. The number of hydrogen-bond donors (Lipinski definition) is 0. The molecule has 1 heterocycles. The van der Waals surface area contributed by atoms with Gasteiger partial charge in [0, 0.05) is 45.4 Å². The van der Waals surface area contributed by atoms with Gasteiger partial charge in [0.25, 0.3) is 0 Å². The summed E-state index contributed by atoms with van der Waals surface area (Å²) in [5.41, 5.74) is 0. The number of methoxy groups -OCH3 is 1. The van der Waals surface area contributed by atoms with Crippen molar-refractivity contribution in [2.75, 3.05) is 33.3 Å². The lowest BCUT2D eigenvalue weighted by Gasteiger charge is -2.40. The van der Waals surface area contributed by atoms with E-state index >= 15 is 0 Å². The molecule has 0 bridgehead atoms. The average molecular weight is 311 g/mol. The van der Waals surface area contributed by atoms with Crippen LogP contribution in [-0.4, -0.2) is 61.3 Å². The van der Waals surface area contributed by atoms with E-state index < -0.39 is 0 Å². The van der Waals surface area contributed by atoms with E-state index in [1.165, 1.54) is 71.1 Å². The zero-order valence-electron chi connectivity index (χ0n) is 15.4. The molecule has 3 heteroatoms. The Morgan fingerprint density at radius 3 is 2.05 bits per heavy atom. The van der Waals surface area contributed by atoms with Crippen molar-refractivity contribution in [1.82, 2.24) is 9.80 Å². The van der Waals surface area contributed by atoms with E-state index in [1.54, 1.807) is 0 Å². The topological polar surface area (TPSA) is 15.7 Å². The van der Waals surface area contributed by atoms with Gasteiger partial charge in [0.2, 0.25) is 0 Å². The van der Waals surface area contributed by atoms with Gasteiger partial charge in [-0.05, 0) is 58.8 Å². The molecule has 3 nitrogen and oxygen atoms in total. The van der Waals surface area contributed by atoms with Gasteiger partial charge in [-0.3, -0.25) is 9.80 Å². The zero-order valence-corrected chi connectivity index (χ0v) is 15.4. The molecule has 130 valence electrons. The lowest BCUT2D eigenvalue weighted by atomic mass is 9.84. The molecule has 0 aromatic heterocycles. The van der Waals surface area contributed by atoms with Gasteiger partial charge in [0.1, 0.15) is 0 Å². The molecule has 2 fully saturated rings. The van der Waals surface area contributed by atoms with Crippen molar-refractivity contribution >= 4 is 0 Å². The van der Waals surface area contributed by atoms with Crippen LogP contribution in [0.4, 0.5) is 0 Å². The number of rotatable bonds is 7. The molecule has 1 saturated carbocycles. The fraction of sp³-hybridized carbons (Fsp3) is 1.00. The predicted octanol–water partition coefficient (Wildman–Crippen LogP) is 3.78. The molecule has 22 heavy (non-hydrogen) atoms. The molecule has 1 saturated heterocycles. The molecule has 2 aliphatic rings. The van der Waals surface area contributed by atoms with Crippen molar-refractivity contribution in [2.45, 2.75) is 83.9 Å². The Morgan fingerprint density at radius 1 is 0.909 bits per heavy atom. The first kappa shape index (κ1) is 18.2. The minimum atomic E-state index is 0.549. The molecule has 0 amide bonds. The number of ether oxygens (including phenoxy) is 1. The maximum absolute atomic E-state index is 5.48. The van der Waals surface area contributed by atoms with E-state index in [4.69, 9.17) is 4.74 Å². The third-order valence-corrected chi connectivity index (χ3v) is 6.06. The fourth-order valence-corrected chi connectivity index (χ4v) is 4.24.